The number of hydrogen-bond acceptors (Lipinski definition) is 3. The van der Waals surface area contributed by atoms with Crippen molar-refractivity contribution in [2.24, 2.45) is 5.92 Å². The van der Waals surface area contributed by atoms with Crippen LogP contribution in [0, 0.1) is 12.8 Å². The Bertz CT molecular complexity index is 1700. The summed E-state index contributed by atoms with van der Waals surface area (Å²) in [5.74, 6) is 0.541. The van der Waals surface area contributed by atoms with Crippen LogP contribution in [-0.2, 0) is 0 Å². The Labute approximate surface area is 228 Å². The van der Waals surface area contributed by atoms with E-state index in [9.17, 15) is 0 Å². The van der Waals surface area contributed by atoms with Gasteiger partial charge in [0, 0.05) is 43.0 Å². The minimum absolute atomic E-state index is 0.541. The lowest BCUT2D eigenvalue weighted by atomic mass is 10.0. The molecule has 5 heteroatoms. The molecule has 0 saturated heterocycles. The highest BCUT2D eigenvalue weighted by atomic mass is 32.1. The van der Waals surface area contributed by atoms with Gasteiger partial charge in [-0.3, -0.25) is 5.10 Å². The van der Waals surface area contributed by atoms with Crippen LogP contribution in [0.3, 0.4) is 0 Å². The second kappa shape index (κ2) is 10.7. The van der Waals surface area contributed by atoms with Gasteiger partial charge < -0.3 is 10.3 Å². The van der Waals surface area contributed by atoms with Gasteiger partial charge in [-0.25, -0.2) is 0 Å². The molecule has 0 spiro atoms. The molecule has 38 heavy (non-hydrogen) atoms. The zero-order valence-electron chi connectivity index (χ0n) is 22.5. The van der Waals surface area contributed by atoms with E-state index in [1.54, 1.807) is 0 Å². The third kappa shape index (κ3) is 5.15. The number of aromatic amines is 2. The summed E-state index contributed by atoms with van der Waals surface area (Å²) in [5, 5.41) is 13.6. The summed E-state index contributed by atoms with van der Waals surface area (Å²) in [5.41, 5.74) is 9.41. The monoisotopic (exact) mass is 518 g/mol. The Balaban J connectivity index is 1.52. The van der Waals surface area contributed by atoms with E-state index in [1.165, 1.54) is 20.7 Å². The highest BCUT2D eigenvalue weighted by Gasteiger charge is 2.15. The van der Waals surface area contributed by atoms with Gasteiger partial charge in [0.15, 0.2) is 0 Å². The minimum atomic E-state index is 0.541. The molecule has 0 fully saturated rings. The molecule has 4 nitrogen and oxygen atoms in total. The van der Waals surface area contributed by atoms with Crippen molar-refractivity contribution in [3.63, 3.8) is 0 Å². The van der Waals surface area contributed by atoms with Crippen molar-refractivity contribution in [2.75, 3.05) is 0 Å². The number of fused-ring (bicyclic) bond motifs is 2. The van der Waals surface area contributed by atoms with Crippen LogP contribution < -0.4 is 5.32 Å². The van der Waals surface area contributed by atoms with Crippen molar-refractivity contribution < 1.29 is 0 Å². The molecule has 5 rings (SSSR count). The predicted octanol–water partition coefficient (Wildman–Crippen LogP) is 9.37. The van der Waals surface area contributed by atoms with Crippen LogP contribution in [0.1, 0.15) is 37.6 Å². The van der Waals surface area contributed by atoms with Crippen molar-refractivity contribution in [1.29, 1.82) is 0 Å². The average Bonchev–Trinajstić information content (AvgIpc) is 3.63. The fraction of sp³-hybridized carbons (Fsp3) is 0.182. The molecule has 2 aromatic carbocycles. The Morgan fingerprint density at radius 2 is 1.92 bits per heavy atom. The summed E-state index contributed by atoms with van der Waals surface area (Å²) in [6.07, 6.45) is 7.00. The highest BCUT2D eigenvalue weighted by Crippen LogP contribution is 2.37. The van der Waals surface area contributed by atoms with Gasteiger partial charge in [-0.15, -0.1) is 11.3 Å². The van der Waals surface area contributed by atoms with Gasteiger partial charge in [-0.05, 0) is 85.9 Å². The van der Waals surface area contributed by atoms with E-state index in [0.717, 1.165) is 56.8 Å². The first-order chi connectivity index (χ1) is 18.4. The second-order valence-corrected chi connectivity index (χ2v) is 11.4. The van der Waals surface area contributed by atoms with Gasteiger partial charge >= 0.3 is 0 Å². The Kier molecular flexibility index (Phi) is 7.21. The van der Waals surface area contributed by atoms with Gasteiger partial charge in [0.05, 0.1) is 11.2 Å². The molecule has 5 aromatic rings. The fourth-order valence-corrected chi connectivity index (χ4v) is 5.78. The number of nitrogens with zero attached hydrogens (tertiary/aromatic N) is 1. The van der Waals surface area contributed by atoms with Crippen LogP contribution in [0.4, 0.5) is 0 Å². The number of allylic oxidation sites excluding steroid dienone is 5. The second-order valence-electron chi connectivity index (χ2n) is 10.1. The van der Waals surface area contributed by atoms with Gasteiger partial charge in [0.2, 0.25) is 0 Å². The van der Waals surface area contributed by atoms with E-state index in [-0.39, 0.29) is 0 Å². The SMILES string of the molecule is C=C/C(=C\C(=C/C)c1ccc2[nH]nc(-c3cc4c(-c5ccc(C)s5)cccc4[nH]3)c2c1)NC(=C)CC(C)C. The van der Waals surface area contributed by atoms with E-state index in [2.05, 4.69) is 123 Å². The number of aryl methyl sites for hydroxylation is 1. The fourth-order valence-electron chi connectivity index (χ4n) is 4.87. The van der Waals surface area contributed by atoms with Crippen molar-refractivity contribution >= 4 is 38.7 Å². The number of nitrogens with one attached hydrogen (secondary N) is 3. The largest absolute Gasteiger partial charge is 0.359 e. The predicted molar refractivity (Wildman–Crippen MR) is 165 cm³/mol. The molecule has 0 unspecified atom stereocenters. The molecule has 0 aliphatic carbocycles. The summed E-state index contributed by atoms with van der Waals surface area (Å²) < 4.78 is 0. The van der Waals surface area contributed by atoms with Crippen LogP contribution in [-0.4, -0.2) is 15.2 Å². The van der Waals surface area contributed by atoms with E-state index in [1.807, 2.05) is 17.4 Å². The smallest absolute Gasteiger partial charge is 0.116 e. The van der Waals surface area contributed by atoms with E-state index >= 15 is 0 Å². The standard InChI is InChI=1S/C33H34N4S/c1-7-23(17-25(8-2)34-21(5)16-20(3)4)24-13-14-30-28(18-24)33(37-36-30)31-19-27-26(10-9-11-29(27)35-31)32-15-12-22(6)38-32/h7-15,17-20,34-35H,2,5,16H2,1,3-4,6H3,(H,36,37)/b23-7+,25-17+. The quantitative estimate of drug-likeness (QED) is 0.170. The van der Waals surface area contributed by atoms with Gasteiger partial charge in [0.25, 0.3) is 0 Å². The molecular weight excluding hydrogens is 484 g/mol. The molecule has 0 amide bonds. The Morgan fingerprint density at radius 3 is 2.63 bits per heavy atom. The molecular formula is C33H34N4S. The molecule has 0 aliphatic rings. The number of H-pyrrole nitrogens is 2. The number of rotatable bonds is 9. The van der Waals surface area contributed by atoms with E-state index in [0.29, 0.717) is 5.92 Å². The van der Waals surface area contributed by atoms with Crippen molar-refractivity contribution in [2.45, 2.75) is 34.1 Å². The molecule has 0 radical (unpaired) electrons. The third-order valence-electron chi connectivity index (χ3n) is 6.64. The summed E-state index contributed by atoms with van der Waals surface area (Å²) in [6.45, 7) is 16.8. The maximum absolute atomic E-state index is 4.71. The van der Waals surface area contributed by atoms with E-state index < -0.39 is 0 Å². The first-order valence-electron chi connectivity index (χ1n) is 13.0. The Morgan fingerprint density at radius 1 is 1.08 bits per heavy atom. The normalized spacial score (nSPS) is 12.6. The average molecular weight is 519 g/mol. The number of thiophene rings is 1. The lowest BCUT2D eigenvalue weighted by molar-refractivity contribution is 0.622. The molecule has 192 valence electrons. The third-order valence-corrected chi connectivity index (χ3v) is 7.67. The van der Waals surface area contributed by atoms with Crippen LogP contribution in [0.5, 0.6) is 0 Å². The summed E-state index contributed by atoms with van der Waals surface area (Å²) in [4.78, 5) is 6.20. The molecule has 0 atom stereocenters. The van der Waals surface area contributed by atoms with Crippen LogP contribution in [0.25, 0.3) is 49.2 Å². The maximum Gasteiger partial charge on any atom is 0.116 e. The van der Waals surface area contributed by atoms with Crippen LogP contribution in [0.2, 0.25) is 0 Å². The van der Waals surface area contributed by atoms with Gasteiger partial charge in [0.1, 0.15) is 5.69 Å². The first-order valence-corrected chi connectivity index (χ1v) is 13.8. The van der Waals surface area contributed by atoms with Gasteiger partial charge in [-0.1, -0.05) is 51.3 Å². The summed E-state index contributed by atoms with van der Waals surface area (Å²) in [6, 6.07) is 19.5. The summed E-state index contributed by atoms with van der Waals surface area (Å²) >= 11 is 1.82. The van der Waals surface area contributed by atoms with Gasteiger partial charge in [-0.2, -0.15) is 5.10 Å². The highest BCUT2D eigenvalue weighted by molar-refractivity contribution is 7.15. The lowest BCUT2D eigenvalue weighted by Gasteiger charge is -2.13. The van der Waals surface area contributed by atoms with E-state index in [4.69, 9.17) is 5.10 Å². The molecule has 3 N–H and O–H groups in total. The number of hydrogen-bond donors (Lipinski definition) is 3. The van der Waals surface area contributed by atoms with Crippen LogP contribution >= 0.6 is 11.3 Å². The molecule has 0 aliphatic heterocycles. The number of benzene rings is 2. The maximum atomic E-state index is 4.71. The van der Waals surface area contributed by atoms with Crippen LogP contribution in [0.15, 0.2) is 97.4 Å². The topological polar surface area (TPSA) is 56.5 Å². The van der Waals surface area contributed by atoms with Crippen molar-refractivity contribution in [3.05, 3.63) is 108 Å². The Hall–Kier alpha value is -4.09. The first kappa shape index (κ1) is 25.6. The minimum Gasteiger partial charge on any atom is -0.359 e. The molecule has 0 bridgehead atoms. The molecule has 0 saturated carbocycles. The number of aromatic nitrogens is 3. The van der Waals surface area contributed by atoms with Crippen molar-refractivity contribution in [1.82, 2.24) is 20.5 Å². The molecule has 3 heterocycles. The van der Waals surface area contributed by atoms with Crippen molar-refractivity contribution in [3.8, 4) is 21.8 Å². The zero-order valence-corrected chi connectivity index (χ0v) is 23.3. The molecule has 3 aromatic heterocycles. The zero-order chi connectivity index (χ0) is 26.8. The lowest BCUT2D eigenvalue weighted by Crippen LogP contribution is -2.12. The summed E-state index contributed by atoms with van der Waals surface area (Å²) in [7, 11) is 0.